The zero-order valence-corrected chi connectivity index (χ0v) is 16.3. The topological polar surface area (TPSA) is 79.2 Å². The summed E-state index contributed by atoms with van der Waals surface area (Å²) in [5.41, 5.74) is 1.92. The van der Waals surface area contributed by atoms with Crippen LogP contribution in [0.4, 0.5) is 4.79 Å². The Morgan fingerprint density at radius 1 is 1.50 bits per heavy atom. The quantitative estimate of drug-likeness (QED) is 0.725. The van der Waals surface area contributed by atoms with Crippen LogP contribution in [0.5, 0.6) is 11.5 Å². The lowest BCUT2D eigenvalue weighted by molar-refractivity contribution is -0.121. The van der Waals surface area contributed by atoms with Gasteiger partial charge in [0.25, 0.3) is 0 Å². The van der Waals surface area contributed by atoms with Crippen molar-refractivity contribution < 1.29 is 24.5 Å². The molecule has 2 heterocycles. The van der Waals surface area contributed by atoms with Crippen molar-refractivity contribution in [2.24, 2.45) is 11.8 Å². The number of benzene rings is 1. The van der Waals surface area contributed by atoms with E-state index in [0.29, 0.717) is 25.1 Å². The molecule has 0 aromatic heterocycles. The fraction of sp³-hybridized carbons (Fsp3) is 0.632. The molecule has 1 spiro atoms. The van der Waals surface area contributed by atoms with Gasteiger partial charge >= 0.3 is 6.09 Å². The van der Waals surface area contributed by atoms with Gasteiger partial charge in [0, 0.05) is 28.0 Å². The van der Waals surface area contributed by atoms with Crippen molar-refractivity contribution >= 4 is 22.0 Å². The summed E-state index contributed by atoms with van der Waals surface area (Å²) in [4.78, 5) is 13.5. The highest BCUT2D eigenvalue weighted by molar-refractivity contribution is 9.10. The molecular weight excluding hydrogens is 402 g/mol. The third-order valence-corrected chi connectivity index (χ3v) is 7.91. The Bertz CT molecular complexity index is 814. The highest BCUT2D eigenvalue weighted by Gasteiger charge is 2.67. The average molecular weight is 424 g/mol. The number of aliphatic hydroxyl groups excluding tert-OH is 1. The number of aliphatic hydroxyl groups is 1. The van der Waals surface area contributed by atoms with E-state index < -0.39 is 12.2 Å². The SMILES string of the molecule is COc1cc(Br)c2c3c1O[C@H]1[C@@H](O)[C@H](C)C[C@H]4[C@@H](C2)N(C(=O)O)CC[C@@]341. The average Bonchev–Trinajstić information content (AvgIpc) is 2.93. The molecule has 1 saturated heterocycles. The fourth-order valence-electron chi connectivity index (χ4n) is 6.14. The monoisotopic (exact) mass is 423 g/mol. The maximum Gasteiger partial charge on any atom is 0.407 e. The first-order valence-electron chi connectivity index (χ1n) is 9.14. The molecule has 2 aliphatic carbocycles. The van der Waals surface area contributed by atoms with Gasteiger partial charge in [-0.05, 0) is 42.7 Å². The van der Waals surface area contributed by atoms with Gasteiger partial charge in [-0.15, -0.1) is 0 Å². The molecule has 2 aliphatic heterocycles. The molecule has 1 aromatic carbocycles. The number of halogens is 1. The predicted molar refractivity (Wildman–Crippen MR) is 96.9 cm³/mol. The first-order chi connectivity index (χ1) is 12.4. The number of likely N-dealkylation sites (tertiary alicyclic amines) is 1. The van der Waals surface area contributed by atoms with E-state index in [9.17, 15) is 15.0 Å². The van der Waals surface area contributed by atoms with Gasteiger partial charge in [-0.3, -0.25) is 0 Å². The first kappa shape index (κ1) is 16.7. The number of amides is 1. The van der Waals surface area contributed by atoms with E-state index in [1.165, 1.54) is 0 Å². The van der Waals surface area contributed by atoms with Gasteiger partial charge in [0.2, 0.25) is 0 Å². The van der Waals surface area contributed by atoms with Crippen LogP contribution in [0.2, 0.25) is 0 Å². The third-order valence-electron chi connectivity index (χ3n) is 7.21. The Labute approximate surface area is 160 Å². The molecule has 7 heteroatoms. The van der Waals surface area contributed by atoms with Gasteiger partial charge in [0.15, 0.2) is 11.5 Å². The van der Waals surface area contributed by atoms with E-state index in [1.54, 1.807) is 12.0 Å². The van der Waals surface area contributed by atoms with Crippen molar-refractivity contribution in [1.82, 2.24) is 4.90 Å². The molecule has 6 atom stereocenters. The number of piperidine rings is 1. The normalized spacial score (nSPS) is 39.2. The Morgan fingerprint density at radius 2 is 2.27 bits per heavy atom. The second-order valence-corrected chi connectivity index (χ2v) is 8.98. The molecular formula is C19H22BrNO5. The summed E-state index contributed by atoms with van der Waals surface area (Å²) in [6.07, 6.45) is 0.395. The summed E-state index contributed by atoms with van der Waals surface area (Å²) in [5, 5.41) is 20.7. The largest absolute Gasteiger partial charge is 0.493 e. The highest BCUT2D eigenvalue weighted by atomic mass is 79.9. The number of carboxylic acid groups (broad SMARTS) is 1. The maximum atomic E-state index is 11.9. The van der Waals surface area contributed by atoms with Crippen LogP contribution in [0.1, 0.15) is 30.9 Å². The lowest BCUT2D eigenvalue weighted by Gasteiger charge is -2.59. The number of carbonyl (C=O) groups is 1. The molecule has 1 saturated carbocycles. The molecule has 1 amide bonds. The number of rotatable bonds is 1. The molecule has 2 N–H and O–H groups in total. The Kier molecular flexibility index (Phi) is 3.39. The number of hydrogen-bond donors (Lipinski definition) is 2. The molecule has 4 aliphatic rings. The summed E-state index contributed by atoms with van der Waals surface area (Å²) in [6.45, 7) is 2.51. The molecule has 5 rings (SSSR count). The predicted octanol–water partition coefficient (Wildman–Crippen LogP) is 2.78. The smallest absolute Gasteiger partial charge is 0.407 e. The molecule has 6 nitrogen and oxygen atoms in total. The summed E-state index contributed by atoms with van der Waals surface area (Å²) in [7, 11) is 1.63. The van der Waals surface area contributed by atoms with E-state index in [1.807, 2.05) is 13.0 Å². The highest BCUT2D eigenvalue weighted by Crippen LogP contribution is 2.65. The Hall–Kier alpha value is -1.47. The molecule has 2 fully saturated rings. The van der Waals surface area contributed by atoms with Crippen molar-refractivity contribution in [3.8, 4) is 11.5 Å². The van der Waals surface area contributed by atoms with Crippen LogP contribution in [0.3, 0.4) is 0 Å². The molecule has 26 heavy (non-hydrogen) atoms. The number of nitrogens with zero attached hydrogens (tertiary/aromatic N) is 1. The van der Waals surface area contributed by atoms with Crippen molar-refractivity contribution in [2.75, 3.05) is 13.7 Å². The van der Waals surface area contributed by atoms with Crippen molar-refractivity contribution in [3.05, 3.63) is 21.7 Å². The van der Waals surface area contributed by atoms with Crippen LogP contribution in [0.25, 0.3) is 0 Å². The first-order valence-corrected chi connectivity index (χ1v) is 9.93. The minimum atomic E-state index is -0.854. The van der Waals surface area contributed by atoms with E-state index in [4.69, 9.17) is 9.47 Å². The lowest BCUT2D eigenvalue weighted by Crippen LogP contribution is -2.68. The van der Waals surface area contributed by atoms with Gasteiger partial charge in [-0.25, -0.2) is 4.79 Å². The Morgan fingerprint density at radius 3 is 2.96 bits per heavy atom. The van der Waals surface area contributed by atoms with Crippen molar-refractivity contribution in [1.29, 1.82) is 0 Å². The summed E-state index contributed by atoms with van der Waals surface area (Å²) >= 11 is 3.67. The van der Waals surface area contributed by atoms with Crippen LogP contribution in [0, 0.1) is 11.8 Å². The van der Waals surface area contributed by atoms with Crippen LogP contribution < -0.4 is 9.47 Å². The molecule has 2 bridgehead atoms. The van der Waals surface area contributed by atoms with Crippen LogP contribution in [-0.4, -0.2) is 53.1 Å². The van der Waals surface area contributed by atoms with Crippen molar-refractivity contribution in [2.45, 2.75) is 49.9 Å². The standard InChI is InChI=1S/C19H22BrNO5/c1-8-5-10-12-6-9-11(20)7-13(25-2)16-14(9)19(10,17(26-16)15(8)22)3-4-21(12)18(23)24/h7-8,10,12,15,17,22H,3-6H2,1-2H3,(H,23,24)/t8-,10+,12-,15+,17+,19+/m1/s1. The minimum absolute atomic E-state index is 0.0691. The van der Waals surface area contributed by atoms with Gasteiger partial charge in [-0.2, -0.15) is 0 Å². The second kappa shape index (κ2) is 5.29. The number of ether oxygens (including phenoxy) is 2. The summed E-state index contributed by atoms with van der Waals surface area (Å²) in [5.74, 6) is 1.65. The Balaban J connectivity index is 1.79. The van der Waals surface area contributed by atoms with E-state index in [2.05, 4.69) is 15.9 Å². The summed E-state index contributed by atoms with van der Waals surface area (Å²) < 4.78 is 12.9. The number of hydrogen-bond acceptors (Lipinski definition) is 4. The minimum Gasteiger partial charge on any atom is -0.493 e. The second-order valence-electron chi connectivity index (χ2n) is 8.13. The van der Waals surface area contributed by atoms with Crippen LogP contribution >= 0.6 is 15.9 Å². The van der Waals surface area contributed by atoms with Crippen LogP contribution in [0.15, 0.2) is 10.5 Å². The van der Waals surface area contributed by atoms with Crippen molar-refractivity contribution in [3.63, 3.8) is 0 Å². The molecule has 1 aromatic rings. The van der Waals surface area contributed by atoms with Gasteiger partial charge in [0.05, 0.1) is 13.2 Å². The van der Waals surface area contributed by atoms with Gasteiger partial charge < -0.3 is 24.6 Å². The third kappa shape index (κ3) is 1.78. The van der Waals surface area contributed by atoms with E-state index in [-0.39, 0.29) is 29.4 Å². The van der Waals surface area contributed by atoms with Gasteiger partial charge in [-0.1, -0.05) is 22.9 Å². The number of methoxy groups -OCH3 is 1. The zero-order valence-electron chi connectivity index (χ0n) is 14.7. The van der Waals surface area contributed by atoms with E-state index >= 15 is 0 Å². The van der Waals surface area contributed by atoms with E-state index in [0.717, 1.165) is 27.8 Å². The zero-order chi connectivity index (χ0) is 18.4. The maximum absolute atomic E-state index is 11.9. The lowest BCUT2D eigenvalue weighted by atomic mass is 9.50. The van der Waals surface area contributed by atoms with Gasteiger partial charge in [0.1, 0.15) is 6.10 Å². The van der Waals surface area contributed by atoms with Crippen LogP contribution in [-0.2, 0) is 11.8 Å². The molecule has 0 radical (unpaired) electrons. The molecule has 0 unspecified atom stereocenters. The summed E-state index contributed by atoms with van der Waals surface area (Å²) in [6, 6.07) is 1.82. The molecule has 140 valence electrons. The fourth-order valence-corrected chi connectivity index (χ4v) is 6.71.